The minimum atomic E-state index is -0.650. The van der Waals surface area contributed by atoms with Gasteiger partial charge in [-0.2, -0.15) is 0 Å². The van der Waals surface area contributed by atoms with E-state index in [1.165, 1.54) is 18.5 Å². The number of anilines is 1. The molecule has 3 aromatic carbocycles. The lowest BCUT2D eigenvalue weighted by molar-refractivity contribution is -0.123. The van der Waals surface area contributed by atoms with Crippen molar-refractivity contribution in [3.05, 3.63) is 96.2 Å². The lowest BCUT2D eigenvalue weighted by Crippen LogP contribution is -2.57. The highest BCUT2D eigenvalue weighted by Gasteiger charge is 2.34. The predicted octanol–water partition coefficient (Wildman–Crippen LogP) is 4.24. The van der Waals surface area contributed by atoms with Gasteiger partial charge in [-0.05, 0) is 53.6 Å². The second-order valence-electron chi connectivity index (χ2n) is 11.2. The van der Waals surface area contributed by atoms with Gasteiger partial charge in [0.15, 0.2) is 6.61 Å². The quantitative estimate of drug-likeness (QED) is 0.267. The summed E-state index contributed by atoms with van der Waals surface area (Å²) in [5.74, 6) is 0.732. The molecule has 234 valence electrons. The zero-order valence-electron chi connectivity index (χ0n) is 25.0. The number of piperidine rings is 1. The Bertz CT molecular complexity index is 1930. The van der Waals surface area contributed by atoms with Crippen molar-refractivity contribution in [2.24, 2.45) is 0 Å². The van der Waals surface area contributed by atoms with Crippen molar-refractivity contribution >= 4 is 28.7 Å². The molecule has 0 saturated carbocycles. The van der Waals surface area contributed by atoms with Gasteiger partial charge < -0.3 is 34.7 Å². The molecule has 12 heteroatoms. The number of rotatable bonds is 2. The summed E-state index contributed by atoms with van der Waals surface area (Å²) >= 11 is 0. The minimum Gasteiger partial charge on any atom is -0.496 e. The lowest BCUT2D eigenvalue weighted by Gasteiger charge is -2.39. The van der Waals surface area contributed by atoms with Gasteiger partial charge >= 0.3 is 0 Å². The van der Waals surface area contributed by atoms with E-state index in [9.17, 15) is 9.59 Å². The average Bonchev–Trinajstić information content (AvgIpc) is 3.57. The van der Waals surface area contributed by atoms with Crippen LogP contribution in [0.4, 0.5) is 10.2 Å². The predicted molar refractivity (Wildman–Crippen MR) is 169 cm³/mol. The molecule has 46 heavy (non-hydrogen) atoms. The van der Waals surface area contributed by atoms with Crippen LogP contribution in [0.25, 0.3) is 22.2 Å². The molecule has 0 radical (unpaired) electrons. The number of carbonyl (C=O) groups excluding carboxylic acids is 2. The van der Waals surface area contributed by atoms with Crippen LogP contribution >= 0.6 is 0 Å². The van der Waals surface area contributed by atoms with E-state index in [0.29, 0.717) is 53.5 Å². The van der Waals surface area contributed by atoms with E-state index < -0.39 is 23.9 Å². The highest BCUT2D eigenvalue weighted by Crippen LogP contribution is 2.31. The number of halogens is 1. The standard InChI is InChI=1S/C34H31FN6O5/c1-44-30-15-24-7-5-22(30)16-37-31(42)18-45-23-4-2-3-20(13-23)21-6-8-27(35)26(14-21)34(43)40-28-17-41(12-10-29(28)46-24)33-25-9-11-36-32(25)38-19-39-33/h2-9,11,13-15,19,28-29H,10,12,16-18H2,1H3,(H,37,42)(H,40,43)(H,36,38,39)/t28-,29+/m1/s1. The normalized spacial score (nSPS) is 18.5. The first-order valence-corrected chi connectivity index (χ1v) is 14.9. The third kappa shape index (κ3) is 5.88. The molecule has 1 saturated heterocycles. The number of nitrogens with one attached hydrogen (secondary N) is 3. The fraction of sp³-hybridized carbons (Fsp3) is 0.235. The zero-order valence-corrected chi connectivity index (χ0v) is 25.0. The summed E-state index contributed by atoms with van der Waals surface area (Å²) in [7, 11) is 1.55. The molecule has 8 rings (SSSR count). The van der Waals surface area contributed by atoms with Crippen molar-refractivity contribution in [1.29, 1.82) is 0 Å². The van der Waals surface area contributed by atoms with Crippen LogP contribution in [0.5, 0.6) is 17.2 Å². The molecule has 11 nitrogen and oxygen atoms in total. The number of aromatic nitrogens is 3. The van der Waals surface area contributed by atoms with Gasteiger partial charge in [0.25, 0.3) is 11.8 Å². The molecule has 2 aromatic heterocycles. The first-order chi connectivity index (χ1) is 22.4. The SMILES string of the molecule is COc1cc2ccc1CNC(=O)COc1cccc(c1)-c1ccc(F)c(c1)C(=O)N[C@@H]1CN(c3ncnc4[nH]ccc34)CC[C@@H]1O2. The van der Waals surface area contributed by atoms with Crippen molar-refractivity contribution in [3.63, 3.8) is 0 Å². The Labute approximate surface area is 263 Å². The van der Waals surface area contributed by atoms with Crippen LogP contribution in [-0.4, -0.2) is 65.7 Å². The topological polar surface area (TPSA) is 131 Å². The number of hydrogen-bond acceptors (Lipinski definition) is 8. The summed E-state index contributed by atoms with van der Waals surface area (Å²) in [5.41, 5.74) is 2.69. The number of aromatic amines is 1. The number of H-pyrrole nitrogens is 1. The fourth-order valence-corrected chi connectivity index (χ4v) is 5.92. The molecule has 6 bridgehead atoms. The Kier molecular flexibility index (Phi) is 7.83. The third-order valence-corrected chi connectivity index (χ3v) is 8.27. The molecule has 0 unspecified atom stereocenters. The number of fused-ring (bicyclic) bond motifs is 8. The molecule has 3 aliphatic rings. The first kappa shape index (κ1) is 29.1. The molecule has 3 N–H and O–H groups in total. The number of carbonyl (C=O) groups is 2. The van der Waals surface area contributed by atoms with Gasteiger partial charge in [-0.1, -0.05) is 18.2 Å². The molecule has 0 aliphatic carbocycles. The highest BCUT2D eigenvalue weighted by atomic mass is 19.1. The second-order valence-corrected chi connectivity index (χ2v) is 11.2. The van der Waals surface area contributed by atoms with E-state index in [1.807, 2.05) is 18.2 Å². The van der Waals surface area contributed by atoms with E-state index in [2.05, 4.69) is 30.5 Å². The number of methoxy groups -OCH3 is 1. The summed E-state index contributed by atoms with van der Waals surface area (Å²) in [4.78, 5) is 40.4. The van der Waals surface area contributed by atoms with Crippen molar-refractivity contribution in [3.8, 4) is 28.4 Å². The molecular formula is C34H31FN6O5. The first-order valence-electron chi connectivity index (χ1n) is 14.9. The van der Waals surface area contributed by atoms with Crippen molar-refractivity contribution in [2.45, 2.75) is 25.1 Å². The van der Waals surface area contributed by atoms with Crippen LogP contribution in [0.15, 0.2) is 79.3 Å². The van der Waals surface area contributed by atoms with E-state index in [4.69, 9.17) is 14.2 Å². The van der Waals surface area contributed by atoms with Gasteiger partial charge in [-0.3, -0.25) is 9.59 Å². The number of hydrogen-bond donors (Lipinski definition) is 3. The van der Waals surface area contributed by atoms with Gasteiger partial charge in [-0.25, -0.2) is 14.4 Å². The van der Waals surface area contributed by atoms with Crippen LogP contribution in [0, 0.1) is 5.82 Å². The Hall–Kier alpha value is -5.65. The Morgan fingerprint density at radius 1 is 1.00 bits per heavy atom. The third-order valence-electron chi connectivity index (χ3n) is 8.27. The zero-order chi connectivity index (χ0) is 31.6. The van der Waals surface area contributed by atoms with Crippen LogP contribution in [-0.2, 0) is 11.3 Å². The monoisotopic (exact) mass is 622 g/mol. The number of ether oxygens (including phenoxy) is 3. The van der Waals surface area contributed by atoms with Gasteiger partial charge in [-0.15, -0.1) is 0 Å². The van der Waals surface area contributed by atoms with Gasteiger partial charge in [0, 0.05) is 43.9 Å². The van der Waals surface area contributed by atoms with Crippen LogP contribution in [0.3, 0.4) is 0 Å². The van der Waals surface area contributed by atoms with Gasteiger partial charge in [0.2, 0.25) is 0 Å². The molecule has 2 amide bonds. The summed E-state index contributed by atoms with van der Waals surface area (Å²) in [6, 6.07) is 18.2. The average molecular weight is 623 g/mol. The Morgan fingerprint density at radius 3 is 2.78 bits per heavy atom. The highest BCUT2D eigenvalue weighted by molar-refractivity contribution is 5.96. The number of amides is 2. The minimum absolute atomic E-state index is 0.102. The Morgan fingerprint density at radius 2 is 1.89 bits per heavy atom. The van der Waals surface area contributed by atoms with Crippen molar-refractivity contribution < 1.29 is 28.2 Å². The maximum Gasteiger partial charge on any atom is 0.258 e. The molecule has 5 heterocycles. The van der Waals surface area contributed by atoms with Crippen LogP contribution in [0.1, 0.15) is 22.3 Å². The fourth-order valence-electron chi connectivity index (χ4n) is 5.92. The van der Waals surface area contributed by atoms with E-state index >= 15 is 4.39 Å². The van der Waals surface area contributed by atoms with Crippen LogP contribution in [0.2, 0.25) is 0 Å². The lowest BCUT2D eigenvalue weighted by atomic mass is 9.99. The maximum atomic E-state index is 15.2. The van der Waals surface area contributed by atoms with E-state index in [-0.39, 0.29) is 24.6 Å². The summed E-state index contributed by atoms with van der Waals surface area (Å²) in [6.07, 6.45) is 3.39. The van der Waals surface area contributed by atoms with E-state index in [0.717, 1.165) is 16.8 Å². The van der Waals surface area contributed by atoms with Gasteiger partial charge in [0.1, 0.15) is 47.0 Å². The molecule has 2 atom stereocenters. The summed E-state index contributed by atoms with van der Waals surface area (Å²) in [5, 5.41) is 6.79. The van der Waals surface area contributed by atoms with Gasteiger partial charge in [0.05, 0.1) is 24.1 Å². The summed E-state index contributed by atoms with van der Waals surface area (Å²) in [6.45, 7) is 0.982. The second kappa shape index (κ2) is 12.4. The molecule has 5 aromatic rings. The van der Waals surface area contributed by atoms with Crippen LogP contribution < -0.4 is 29.7 Å². The smallest absolute Gasteiger partial charge is 0.258 e. The Balaban J connectivity index is 1.26. The van der Waals surface area contributed by atoms with Crippen molar-refractivity contribution in [1.82, 2.24) is 25.6 Å². The van der Waals surface area contributed by atoms with Crippen molar-refractivity contribution in [2.75, 3.05) is 31.7 Å². The largest absolute Gasteiger partial charge is 0.496 e. The molecule has 3 aliphatic heterocycles. The molecule has 1 fully saturated rings. The number of nitrogens with zero attached hydrogens (tertiary/aromatic N) is 3. The van der Waals surface area contributed by atoms with E-state index in [1.54, 1.807) is 49.7 Å². The molecular weight excluding hydrogens is 591 g/mol. The molecule has 0 spiro atoms. The number of benzene rings is 3. The summed E-state index contributed by atoms with van der Waals surface area (Å²) < 4.78 is 33.1. The maximum absolute atomic E-state index is 15.2.